The van der Waals surface area contributed by atoms with Crippen LogP contribution in [0.5, 0.6) is 0 Å². The molecule has 0 spiro atoms. The quantitative estimate of drug-likeness (QED) is 0.429. The number of nitro groups is 1. The molecular formula is C8H12ClN3O4. The van der Waals surface area contributed by atoms with Gasteiger partial charge in [-0.3, -0.25) is 14.8 Å². The van der Waals surface area contributed by atoms with E-state index < -0.39 is 4.92 Å². The van der Waals surface area contributed by atoms with Gasteiger partial charge in [-0.15, -0.1) is 0 Å². The van der Waals surface area contributed by atoms with Crippen LogP contribution in [-0.4, -0.2) is 35.0 Å². The van der Waals surface area contributed by atoms with Crippen molar-refractivity contribution in [1.29, 1.82) is 0 Å². The van der Waals surface area contributed by atoms with E-state index >= 15 is 0 Å². The smallest absolute Gasteiger partial charge is 0.331 e. The van der Waals surface area contributed by atoms with E-state index in [4.69, 9.17) is 21.1 Å². The van der Waals surface area contributed by atoms with E-state index in [1.54, 1.807) is 7.11 Å². The molecule has 1 aromatic rings. The van der Waals surface area contributed by atoms with Gasteiger partial charge in [0.15, 0.2) is 5.69 Å². The predicted molar refractivity (Wildman–Crippen MR) is 56.4 cm³/mol. The highest BCUT2D eigenvalue weighted by Gasteiger charge is 2.25. The van der Waals surface area contributed by atoms with Crippen LogP contribution in [-0.2, 0) is 23.1 Å². The van der Waals surface area contributed by atoms with E-state index in [1.165, 1.54) is 11.7 Å². The Morgan fingerprint density at radius 1 is 1.56 bits per heavy atom. The summed E-state index contributed by atoms with van der Waals surface area (Å²) < 4.78 is 11.2. The number of methoxy groups -OCH3 is 1. The number of nitrogens with zero attached hydrogens (tertiary/aromatic N) is 3. The lowest BCUT2D eigenvalue weighted by atomic mass is 10.4. The first-order valence-electron chi connectivity index (χ1n) is 4.50. The van der Waals surface area contributed by atoms with Gasteiger partial charge < -0.3 is 9.47 Å². The lowest BCUT2D eigenvalue weighted by Crippen LogP contribution is -2.03. The molecule has 1 rings (SSSR count). The number of aromatic nitrogens is 2. The maximum Gasteiger partial charge on any atom is 0.331 e. The molecule has 7 nitrogen and oxygen atoms in total. The van der Waals surface area contributed by atoms with Crippen molar-refractivity contribution in [3.05, 3.63) is 21.0 Å². The topological polar surface area (TPSA) is 79.4 Å². The molecule has 16 heavy (non-hydrogen) atoms. The lowest BCUT2D eigenvalue weighted by Gasteiger charge is -2.00. The average Bonchev–Trinajstić information content (AvgIpc) is 2.50. The molecule has 0 aromatic carbocycles. The van der Waals surface area contributed by atoms with Crippen LogP contribution in [0.3, 0.4) is 0 Å². The zero-order valence-corrected chi connectivity index (χ0v) is 9.73. The second kappa shape index (κ2) is 5.78. The van der Waals surface area contributed by atoms with Gasteiger partial charge >= 0.3 is 5.69 Å². The van der Waals surface area contributed by atoms with Crippen molar-refractivity contribution in [1.82, 2.24) is 9.78 Å². The highest BCUT2D eigenvalue weighted by atomic mass is 35.5. The standard InChI is InChI=1S/C8H12ClN3O4/c1-11-8(9)7(12(13)14)6(10-11)5-16-4-3-15-2/h3-5H2,1-2H3. The minimum absolute atomic E-state index is 0.00431. The summed E-state index contributed by atoms with van der Waals surface area (Å²) >= 11 is 5.73. The summed E-state index contributed by atoms with van der Waals surface area (Å²) in [4.78, 5) is 10.2. The number of halogens is 1. The molecule has 0 fully saturated rings. The fourth-order valence-corrected chi connectivity index (χ4v) is 1.35. The number of rotatable bonds is 6. The Bertz CT molecular complexity index is 380. The van der Waals surface area contributed by atoms with Crippen molar-refractivity contribution < 1.29 is 14.4 Å². The minimum atomic E-state index is -0.565. The first-order valence-corrected chi connectivity index (χ1v) is 4.88. The number of ether oxygens (including phenoxy) is 2. The molecule has 0 bridgehead atoms. The lowest BCUT2D eigenvalue weighted by molar-refractivity contribution is -0.385. The van der Waals surface area contributed by atoms with Crippen LogP contribution >= 0.6 is 11.6 Å². The number of aryl methyl sites for hydroxylation is 1. The number of hydrogen-bond acceptors (Lipinski definition) is 5. The maximum absolute atomic E-state index is 10.7. The van der Waals surface area contributed by atoms with Crippen molar-refractivity contribution in [3.63, 3.8) is 0 Å². The summed E-state index contributed by atoms with van der Waals surface area (Å²) in [5.74, 6) is 0. The van der Waals surface area contributed by atoms with Crippen LogP contribution < -0.4 is 0 Å². The molecule has 0 amide bonds. The van der Waals surface area contributed by atoms with Crippen LogP contribution in [0, 0.1) is 10.1 Å². The van der Waals surface area contributed by atoms with Crippen molar-refractivity contribution in [3.8, 4) is 0 Å². The molecular weight excluding hydrogens is 238 g/mol. The predicted octanol–water partition coefficient (Wildman–Crippen LogP) is 1.14. The molecule has 1 heterocycles. The van der Waals surface area contributed by atoms with E-state index in [-0.39, 0.29) is 23.1 Å². The van der Waals surface area contributed by atoms with Crippen LogP contribution in [0.1, 0.15) is 5.69 Å². The number of hydrogen-bond donors (Lipinski definition) is 0. The van der Waals surface area contributed by atoms with Gasteiger partial charge in [0.05, 0.1) is 24.7 Å². The molecule has 0 radical (unpaired) electrons. The Morgan fingerprint density at radius 3 is 2.81 bits per heavy atom. The molecule has 90 valence electrons. The Labute approximate surface area is 97.0 Å². The SMILES string of the molecule is COCCOCc1nn(C)c(Cl)c1[N+](=O)[O-]. The van der Waals surface area contributed by atoms with Crippen LogP contribution in [0.15, 0.2) is 0 Å². The largest absolute Gasteiger partial charge is 0.382 e. The van der Waals surface area contributed by atoms with Crippen molar-refractivity contribution in [2.75, 3.05) is 20.3 Å². The van der Waals surface area contributed by atoms with Gasteiger partial charge in [-0.1, -0.05) is 11.6 Å². The van der Waals surface area contributed by atoms with Gasteiger partial charge in [0.2, 0.25) is 5.15 Å². The van der Waals surface area contributed by atoms with E-state index in [9.17, 15) is 10.1 Å². The zero-order chi connectivity index (χ0) is 12.1. The summed E-state index contributed by atoms with van der Waals surface area (Å²) in [5.41, 5.74) is 0.00943. The van der Waals surface area contributed by atoms with Gasteiger partial charge in [-0.2, -0.15) is 5.10 Å². The molecule has 0 N–H and O–H groups in total. The van der Waals surface area contributed by atoms with E-state index in [1.807, 2.05) is 0 Å². The molecule has 0 aliphatic heterocycles. The molecule has 0 saturated carbocycles. The highest BCUT2D eigenvalue weighted by Crippen LogP contribution is 2.27. The molecule has 8 heteroatoms. The summed E-state index contributed by atoms with van der Waals surface area (Å²) in [7, 11) is 3.08. The van der Waals surface area contributed by atoms with E-state index in [2.05, 4.69) is 5.10 Å². The molecule has 0 unspecified atom stereocenters. The molecule has 0 aliphatic rings. The summed E-state index contributed by atoms with van der Waals surface area (Å²) in [6.07, 6.45) is 0. The highest BCUT2D eigenvalue weighted by molar-refractivity contribution is 6.31. The van der Waals surface area contributed by atoms with Gasteiger partial charge in [-0.05, 0) is 0 Å². The van der Waals surface area contributed by atoms with Crippen LogP contribution in [0.2, 0.25) is 5.15 Å². The first-order chi connectivity index (χ1) is 7.57. The molecule has 0 atom stereocenters. The third-order valence-electron chi connectivity index (χ3n) is 1.88. The first kappa shape index (κ1) is 12.9. The second-order valence-electron chi connectivity index (χ2n) is 3.01. The second-order valence-corrected chi connectivity index (χ2v) is 3.37. The summed E-state index contributed by atoms with van der Waals surface area (Å²) in [5, 5.41) is 14.6. The maximum atomic E-state index is 10.7. The van der Waals surface area contributed by atoms with Crippen molar-refractivity contribution >= 4 is 17.3 Å². The third-order valence-corrected chi connectivity index (χ3v) is 2.30. The van der Waals surface area contributed by atoms with Gasteiger partial charge in [0, 0.05) is 14.2 Å². The Balaban J connectivity index is 2.72. The normalized spacial score (nSPS) is 10.7. The Kier molecular flexibility index (Phi) is 4.66. The average molecular weight is 250 g/mol. The summed E-state index contributed by atoms with van der Waals surface area (Å²) in [6, 6.07) is 0. The Morgan fingerprint density at radius 2 is 2.25 bits per heavy atom. The van der Waals surface area contributed by atoms with Gasteiger partial charge in [-0.25, -0.2) is 0 Å². The van der Waals surface area contributed by atoms with Crippen LogP contribution in [0.4, 0.5) is 5.69 Å². The van der Waals surface area contributed by atoms with Crippen molar-refractivity contribution in [2.24, 2.45) is 7.05 Å². The van der Waals surface area contributed by atoms with Gasteiger partial charge in [0.1, 0.15) is 0 Å². The zero-order valence-electron chi connectivity index (χ0n) is 8.97. The van der Waals surface area contributed by atoms with Crippen LogP contribution in [0.25, 0.3) is 0 Å². The fraction of sp³-hybridized carbons (Fsp3) is 0.625. The monoisotopic (exact) mass is 249 g/mol. The van der Waals surface area contributed by atoms with Crippen molar-refractivity contribution in [2.45, 2.75) is 6.61 Å². The van der Waals surface area contributed by atoms with E-state index in [0.29, 0.717) is 13.2 Å². The molecule has 1 aromatic heterocycles. The summed E-state index contributed by atoms with van der Waals surface area (Å²) in [6.45, 7) is 0.816. The third kappa shape index (κ3) is 2.91. The molecule has 0 saturated heterocycles. The Hall–Kier alpha value is -1.18. The minimum Gasteiger partial charge on any atom is -0.382 e. The molecule has 0 aliphatic carbocycles. The van der Waals surface area contributed by atoms with E-state index in [0.717, 1.165) is 0 Å². The van der Waals surface area contributed by atoms with Gasteiger partial charge in [0.25, 0.3) is 0 Å². The fourth-order valence-electron chi connectivity index (χ4n) is 1.13.